The predicted octanol–water partition coefficient (Wildman–Crippen LogP) is 2.99. The first-order valence-corrected chi connectivity index (χ1v) is 7.79. The van der Waals surface area contributed by atoms with Crippen molar-refractivity contribution in [2.45, 2.75) is 51.1 Å². The molecule has 1 fully saturated rings. The number of ether oxygens (including phenoxy) is 3. The molecule has 0 radical (unpaired) electrons. The lowest BCUT2D eigenvalue weighted by molar-refractivity contribution is -0.181. The molecule has 0 aromatic carbocycles. The van der Waals surface area contributed by atoms with Gasteiger partial charge < -0.3 is 14.2 Å². The fourth-order valence-electron chi connectivity index (χ4n) is 2.47. The van der Waals surface area contributed by atoms with E-state index in [0.717, 1.165) is 18.1 Å². The second kappa shape index (κ2) is 7.92. The quantitative estimate of drug-likeness (QED) is 0.410. The minimum atomic E-state index is -0.584. The van der Waals surface area contributed by atoms with E-state index in [9.17, 15) is 9.59 Å². The summed E-state index contributed by atoms with van der Waals surface area (Å²) in [6.07, 6.45) is 8.52. The van der Waals surface area contributed by atoms with Crippen LogP contribution in [0.25, 0.3) is 0 Å². The van der Waals surface area contributed by atoms with Crippen LogP contribution in [0.4, 0.5) is 0 Å². The van der Waals surface area contributed by atoms with Crippen LogP contribution in [0.5, 0.6) is 0 Å². The monoisotopic (exact) mass is 318 g/mol. The molecular formula is C18H22O5. The second-order valence-corrected chi connectivity index (χ2v) is 5.53. The van der Waals surface area contributed by atoms with Crippen molar-refractivity contribution in [1.29, 1.82) is 0 Å². The molecule has 0 N–H and O–H groups in total. The summed E-state index contributed by atoms with van der Waals surface area (Å²) in [5.41, 5.74) is 1.45. The van der Waals surface area contributed by atoms with Crippen molar-refractivity contribution < 1.29 is 23.8 Å². The summed E-state index contributed by atoms with van der Waals surface area (Å²) in [6, 6.07) is 0. The van der Waals surface area contributed by atoms with Crippen LogP contribution in [0.2, 0.25) is 0 Å². The van der Waals surface area contributed by atoms with Crippen molar-refractivity contribution in [3.63, 3.8) is 0 Å². The molecule has 23 heavy (non-hydrogen) atoms. The Morgan fingerprint density at radius 1 is 1.57 bits per heavy atom. The average molecular weight is 318 g/mol. The van der Waals surface area contributed by atoms with E-state index in [2.05, 4.69) is 13.2 Å². The third kappa shape index (κ3) is 4.66. The van der Waals surface area contributed by atoms with Gasteiger partial charge in [-0.1, -0.05) is 44.7 Å². The van der Waals surface area contributed by atoms with Crippen molar-refractivity contribution in [2.75, 3.05) is 0 Å². The number of carbonyl (C=O) groups excluding carboxylic acids is 2. The molecule has 0 bridgehead atoms. The van der Waals surface area contributed by atoms with E-state index in [-0.39, 0.29) is 18.2 Å². The summed E-state index contributed by atoms with van der Waals surface area (Å²) in [4.78, 5) is 22.7. The molecule has 1 heterocycles. The Labute approximate surface area is 136 Å². The third-order valence-corrected chi connectivity index (χ3v) is 3.70. The van der Waals surface area contributed by atoms with Crippen molar-refractivity contribution >= 4 is 11.9 Å². The van der Waals surface area contributed by atoms with Gasteiger partial charge in [0.2, 0.25) is 6.29 Å². The smallest absolute Gasteiger partial charge is 0.334 e. The van der Waals surface area contributed by atoms with Gasteiger partial charge in [-0.3, -0.25) is 0 Å². The maximum Gasteiger partial charge on any atom is 0.334 e. The van der Waals surface area contributed by atoms with Gasteiger partial charge in [-0.25, -0.2) is 9.59 Å². The molecule has 0 saturated carbocycles. The van der Waals surface area contributed by atoms with Crippen LogP contribution in [0.15, 0.2) is 48.6 Å². The maximum atomic E-state index is 11.4. The van der Waals surface area contributed by atoms with E-state index in [0.29, 0.717) is 24.8 Å². The minimum absolute atomic E-state index is 0.173. The van der Waals surface area contributed by atoms with Crippen LogP contribution < -0.4 is 0 Å². The topological polar surface area (TPSA) is 61.8 Å². The molecule has 2 aliphatic rings. The first-order valence-electron chi connectivity index (χ1n) is 7.79. The Morgan fingerprint density at radius 3 is 2.87 bits per heavy atom. The molecule has 1 aliphatic carbocycles. The van der Waals surface area contributed by atoms with Gasteiger partial charge in [0.05, 0.1) is 6.10 Å². The molecule has 3 unspecified atom stereocenters. The van der Waals surface area contributed by atoms with Gasteiger partial charge in [-0.2, -0.15) is 0 Å². The number of carbonyl (C=O) groups is 2. The van der Waals surface area contributed by atoms with E-state index >= 15 is 0 Å². The number of rotatable bonds is 7. The van der Waals surface area contributed by atoms with Crippen LogP contribution in [0.1, 0.15) is 32.6 Å². The predicted molar refractivity (Wildman–Crippen MR) is 85.3 cm³/mol. The zero-order valence-electron chi connectivity index (χ0n) is 13.3. The Morgan fingerprint density at radius 2 is 2.35 bits per heavy atom. The van der Waals surface area contributed by atoms with Crippen LogP contribution in [0, 0.1) is 0 Å². The number of hydrogen-bond acceptors (Lipinski definition) is 5. The first-order chi connectivity index (χ1) is 11.0. The third-order valence-electron chi connectivity index (χ3n) is 3.70. The molecule has 2 rings (SSSR count). The van der Waals surface area contributed by atoms with Crippen molar-refractivity contribution in [3.8, 4) is 0 Å². The fourth-order valence-corrected chi connectivity index (χ4v) is 2.47. The molecule has 5 heteroatoms. The second-order valence-electron chi connectivity index (χ2n) is 5.53. The molecule has 0 aromatic heterocycles. The summed E-state index contributed by atoms with van der Waals surface area (Å²) < 4.78 is 16.2. The van der Waals surface area contributed by atoms with Gasteiger partial charge in [-0.05, 0) is 12.0 Å². The molecule has 0 amide bonds. The molecule has 1 aliphatic heterocycles. The summed E-state index contributed by atoms with van der Waals surface area (Å²) in [5, 5.41) is 0. The Balaban J connectivity index is 1.89. The molecular weight excluding hydrogens is 296 g/mol. The van der Waals surface area contributed by atoms with Gasteiger partial charge >= 0.3 is 11.9 Å². The van der Waals surface area contributed by atoms with Crippen molar-refractivity contribution in [1.82, 2.24) is 0 Å². The SMILES string of the molecule is C=CC(=O)OC(CCC)OC1C=CC(C2CC(=C)C(=O)O2)=CC1. The van der Waals surface area contributed by atoms with Gasteiger partial charge in [-0.15, -0.1) is 0 Å². The Bertz CT molecular complexity index is 542. The van der Waals surface area contributed by atoms with E-state index < -0.39 is 12.3 Å². The molecule has 0 aromatic rings. The van der Waals surface area contributed by atoms with Crippen molar-refractivity contribution in [2.24, 2.45) is 0 Å². The van der Waals surface area contributed by atoms with Crippen LogP contribution in [-0.2, 0) is 23.8 Å². The lowest BCUT2D eigenvalue weighted by Crippen LogP contribution is -2.26. The highest BCUT2D eigenvalue weighted by atomic mass is 16.7. The Hall–Kier alpha value is -2.14. The highest BCUT2D eigenvalue weighted by molar-refractivity contribution is 5.90. The molecule has 124 valence electrons. The standard InChI is InChI=1S/C18H22O5/c1-4-6-17(23-16(19)5-2)21-14-9-7-13(8-10-14)15-11-12(3)18(20)22-15/h5,7-9,14-15,17H,2-4,6,10-11H2,1H3. The fraction of sp³-hybridized carbons (Fsp3) is 0.444. The normalized spacial score (nSPS) is 24.8. The maximum absolute atomic E-state index is 11.4. The van der Waals surface area contributed by atoms with Crippen molar-refractivity contribution in [3.05, 3.63) is 48.6 Å². The van der Waals surface area contributed by atoms with Gasteiger partial charge in [0, 0.05) is 24.5 Å². The minimum Gasteiger partial charge on any atom is -0.454 e. The van der Waals surface area contributed by atoms with E-state index in [4.69, 9.17) is 14.2 Å². The lowest BCUT2D eigenvalue weighted by atomic mass is 9.98. The van der Waals surface area contributed by atoms with Gasteiger partial charge in [0.15, 0.2) is 0 Å². The van der Waals surface area contributed by atoms with E-state index in [1.54, 1.807) is 0 Å². The number of hydrogen-bond donors (Lipinski definition) is 0. The number of esters is 2. The lowest BCUT2D eigenvalue weighted by Gasteiger charge is -2.24. The Kier molecular flexibility index (Phi) is 5.93. The molecule has 0 spiro atoms. The largest absolute Gasteiger partial charge is 0.454 e. The van der Waals surface area contributed by atoms with E-state index in [1.165, 1.54) is 0 Å². The molecule has 5 nitrogen and oxygen atoms in total. The van der Waals surface area contributed by atoms with E-state index in [1.807, 2.05) is 25.2 Å². The highest BCUT2D eigenvalue weighted by Gasteiger charge is 2.30. The van der Waals surface area contributed by atoms with Crippen LogP contribution >= 0.6 is 0 Å². The summed E-state index contributed by atoms with van der Waals surface area (Å²) >= 11 is 0. The first kappa shape index (κ1) is 17.2. The summed E-state index contributed by atoms with van der Waals surface area (Å²) in [6.45, 7) is 9.06. The van der Waals surface area contributed by atoms with Gasteiger partial charge in [0.25, 0.3) is 0 Å². The zero-order chi connectivity index (χ0) is 16.8. The average Bonchev–Trinajstić information content (AvgIpc) is 2.87. The van der Waals surface area contributed by atoms with Crippen LogP contribution in [0.3, 0.4) is 0 Å². The molecule has 1 saturated heterocycles. The van der Waals surface area contributed by atoms with Crippen LogP contribution in [-0.4, -0.2) is 30.4 Å². The zero-order valence-corrected chi connectivity index (χ0v) is 13.3. The van der Waals surface area contributed by atoms with Gasteiger partial charge in [0.1, 0.15) is 6.10 Å². The molecule has 3 atom stereocenters. The summed E-state index contributed by atoms with van der Waals surface area (Å²) in [7, 11) is 0. The summed E-state index contributed by atoms with van der Waals surface area (Å²) in [5.74, 6) is -0.821. The number of cyclic esters (lactones) is 1. The highest BCUT2D eigenvalue weighted by Crippen LogP contribution is 2.28.